The van der Waals surface area contributed by atoms with Crippen molar-refractivity contribution in [3.63, 3.8) is 0 Å². The maximum atomic E-state index is 6.12. The Balaban J connectivity index is 1.19. The molecule has 0 bridgehead atoms. The number of aromatic nitrogens is 1. The number of fused-ring (bicyclic) bond motifs is 1. The minimum atomic E-state index is -0.0265. The summed E-state index contributed by atoms with van der Waals surface area (Å²) in [4.78, 5) is 7.02. The molecular formula is C27H29ClN4OS. The van der Waals surface area contributed by atoms with Gasteiger partial charge in [0.2, 0.25) is 0 Å². The lowest BCUT2D eigenvalue weighted by Crippen LogP contribution is -2.45. The molecular weight excluding hydrogens is 464 g/mol. The minimum absolute atomic E-state index is 0.0265. The highest BCUT2D eigenvalue weighted by atomic mass is 35.5. The summed E-state index contributed by atoms with van der Waals surface area (Å²) in [5.41, 5.74) is 4.94. The highest BCUT2D eigenvalue weighted by Gasteiger charge is 2.34. The fourth-order valence-electron chi connectivity index (χ4n) is 4.90. The van der Waals surface area contributed by atoms with Gasteiger partial charge in [0.25, 0.3) is 0 Å². The lowest BCUT2D eigenvalue weighted by atomic mass is 9.74. The highest BCUT2D eigenvalue weighted by Crippen LogP contribution is 2.35. The molecule has 5 rings (SSSR count). The van der Waals surface area contributed by atoms with Crippen LogP contribution in [0.25, 0.3) is 0 Å². The quantitative estimate of drug-likeness (QED) is 0.469. The molecule has 0 radical (unpaired) electrons. The average molecular weight is 493 g/mol. The molecule has 2 N–H and O–H groups in total. The van der Waals surface area contributed by atoms with Crippen molar-refractivity contribution in [1.82, 2.24) is 10.3 Å². The highest BCUT2D eigenvalue weighted by molar-refractivity contribution is 7.80. The van der Waals surface area contributed by atoms with E-state index in [0.717, 1.165) is 68.6 Å². The molecule has 1 aromatic heterocycles. The molecule has 7 heteroatoms. The maximum absolute atomic E-state index is 6.12. The standard InChI is InChI=1S/C27H29ClN4OS/c28-23-7-5-22(6-8-23)27(12-15-33-16-13-27)19-30-26(34)31-24-9-10-25(29-17-24)32-14-11-20-3-1-2-4-21(20)18-32/h1-10,17H,11-16,18-19H2,(H2,30,31,34). The molecule has 0 unspecified atom stereocenters. The molecule has 2 aromatic carbocycles. The molecule has 1 saturated heterocycles. The van der Waals surface area contributed by atoms with Crippen LogP contribution in [0.15, 0.2) is 66.9 Å². The zero-order valence-corrected chi connectivity index (χ0v) is 20.7. The number of pyridine rings is 1. The molecule has 2 aliphatic rings. The molecule has 3 heterocycles. The lowest BCUT2D eigenvalue weighted by molar-refractivity contribution is 0.0515. The Kier molecular flexibility index (Phi) is 6.99. The topological polar surface area (TPSA) is 49.4 Å². The van der Waals surface area contributed by atoms with E-state index in [1.807, 2.05) is 24.4 Å². The number of hydrogen-bond acceptors (Lipinski definition) is 4. The van der Waals surface area contributed by atoms with Crippen molar-refractivity contribution in [2.45, 2.75) is 31.2 Å². The van der Waals surface area contributed by atoms with Gasteiger partial charge >= 0.3 is 0 Å². The Labute approximate surface area is 211 Å². The van der Waals surface area contributed by atoms with E-state index < -0.39 is 0 Å². The lowest BCUT2D eigenvalue weighted by Gasteiger charge is -2.38. The van der Waals surface area contributed by atoms with E-state index in [0.29, 0.717) is 5.11 Å². The van der Waals surface area contributed by atoms with Crippen molar-refractivity contribution >= 4 is 40.4 Å². The molecule has 5 nitrogen and oxygen atoms in total. The number of halogens is 1. The third kappa shape index (κ3) is 5.19. The van der Waals surface area contributed by atoms with Crippen molar-refractivity contribution < 1.29 is 4.74 Å². The predicted octanol–water partition coefficient (Wildman–Crippen LogP) is 5.33. The first kappa shape index (κ1) is 23.1. The summed E-state index contributed by atoms with van der Waals surface area (Å²) >= 11 is 11.7. The Bertz CT molecular complexity index is 1130. The van der Waals surface area contributed by atoms with Gasteiger partial charge < -0.3 is 20.3 Å². The van der Waals surface area contributed by atoms with Crippen LogP contribution < -0.4 is 15.5 Å². The first-order chi connectivity index (χ1) is 16.6. The summed E-state index contributed by atoms with van der Waals surface area (Å²) in [6.45, 7) is 4.11. The Morgan fingerprint density at radius 1 is 1.03 bits per heavy atom. The van der Waals surface area contributed by atoms with Crippen LogP contribution in [0.5, 0.6) is 0 Å². The number of ether oxygens (including phenoxy) is 1. The Morgan fingerprint density at radius 3 is 2.53 bits per heavy atom. The van der Waals surface area contributed by atoms with Crippen LogP contribution in [0.1, 0.15) is 29.5 Å². The van der Waals surface area contributed by atoms with Gasteiger partial charge in [0.05, 0.1) is 11.9 Å². The fraction of sp³-hybridized carbons (Fsp3) is 0.333. The van der Waals surface area contributed by atoms with Crippen molar-refractivity contribution in [2.75, 3.05) is 36.5 Å². The number of benzene rings is 2. The number of rotatable bonds is 5. The van der Waals surface area contributed by atoms with Gasteiger partial charge in [-0.3, -0.25) is 0 Å². The molecule has 1 fully saturated rings. The molecule has 2 aliphatic heterocycles. The van der Waals surface area contributed by atoms with Gasteiger partial charge in [0.15, 0.2) is 5.11 Å². The van der Waals surface area contributed by atoms with Gasteiger partial charge in [-0.15, -0.1) is 0 Å². The molecule has 3 aromatic rings. The largest absolute Gasteiger partial charge is 0.381 e. The third-order valence-corrected chi connectivity index (χ3v) is 7.45. The smallest absolute Gasteiger partial charge is 0.170 e. The average Bonchev–Trinajstić information content (AvgIpc) is 2.89. The first-order valence-corrected chi connectivity index (χ1v) is 12.6. The van der Waals surface area contributed by atoms with Gasteiger partial charge in [-0.1, -0.05) is 48.0 Å². The van der Waals surface area contributed by atoms with Crippen LogP contribution in [-0.4, -0.2) is 36.4 Å². The number of hydrogen-bond donors (Lipinski definition) is 2. The molecule has 0 atom stereocenters. The van der Waals surface area contributed by atoms with Crippen LogP contribution >= 0.6 is 23.8 Å². The summed E-state index contributed by atoms with van der Waals surface area (Å²) < 4.78 is 5.64. The second kappa shape index (κ2) is 10.3. The van der Waals surface area contributed by atoms with Crippen molar-refractivity contribution in [1.29, 1.82) is 0 Å². The normalized spacial score (nSPS) is 17.0. The number of nitrogens with one attached hydrogen (secondary N) is 2. The van der Waals surface area contributed by atoms with Crippen LogP contribution in [0.2, 0.25) is 5.02 Å². The second-order valence-electron chi connectivity index (χ2n) is 9.05. The van der Waals surface area contributed by atoms with Gasteiger partial charge in [-0.05, 0) is 72.4 Å². The van der Waals surface area contributed by atoms with Gasteiger partial charge in [0, 0.05) is 43.3 Å². The minimum Gasteiger partial charge on any atom is -0.381 e. The van der Waals surface area contributed by atoms with Gasteiger partial charge in [-0.25, -0.2) is 4.98 Å². The molecule has 0 aliphatic carbocycles. The fourth-order valence-corrected chi connectivity index (χ4v) is 5.21. The molecule has 0 amide bonds. The SMILES string of the molecule is S=C(NCC1(c2ccc(Cl)cc2)CCOCC1)Nc1ccc(N2CCc3ccccc3C2)nc1. The third-order valence-electron chi connectivity index (χ3n) is 6.95. The summed E-state index contributed by atoms with van der Waals surface area (Å²) in [6.07, 6.45) is 4.79. The Morgan fingerprint density at radius 2 is 1.79 bits per heavy atom. The summed E-state index contributed by atoms with van der Waals surface area (Å²) in [5.74, 6) is 0.989. The zero-order chi connectivity index (χ0) is 23.4. The van der Waals surface area contributed by atoms with Crippen LogP contribution in [0.3, 0.4) is 0 Å². The molecule has 0 spiro atoms. The van der Waals surface area contributed by atoms with Crippen LogP contribution in [0.4, 0.5) is 11.5 Å². The van der Waals surface area contributed by atoms with Gasteiger partial charge in [0.1, 0.15) is 5.82 Å². The number of thiocarbonyl (C=S) groups is 1. The maximum Gasteiger partial charge on any atom is 0.170 e. The van der Waals surface area contributed by atoms with Crippen LogP contribution in [-0.2, 0) is 23.1 Å². The van der Waals surface area contributed by atoms with E-state index in [2.05, 4.69) is 58.0 Å². The van der Waals surface area contributed by atoms with E-state index in [1.54, 1.807) is 0 Å². The summed E-state index contributed by atoms with van der Waals surface area (Å²) in [7, 11) is 0. The van der Waals surface area contributed by atoms with E-state index in [9.17, 15) is 0 Å². The zero-order valence-electron chi connectivity index (χ0n) is 19.1. The monoisotopic (exact) mass is 492 g/mol. The first-order valence-electron chi connectivity index (χ1n) is 11.8. The van der Waals surface area contributed by atoms with E-state index in [-0.39, 0.29) is 5.41 Å². The van der Waals surface area contributed by atoms with Crippen molar-refractivity contribution in [3.8, 4) is 0 Å². The van der Waals surface area contributed by atoms with Crippen molar-refractivity contribution in [3.05, 3.63) is 88.6 Å². The van der Waals surface area contributed by atoms with E-state index in [4.69, 9.17) is 33.5 Å². The summed E-state index contributed by atoms with van der Waals surface area (Å²) in [5, 5.41) is 8.08. The van der Waals surface area contributed by atoms with Gasteiger partial charge in [-0.2, -0.15) is 0 Å². The van der Waals surface area contributed by atoms with Crippen LogP contribution in [0, 0.1) is 0 Å². The summed E-state index contributed by atoms with van der Waals surface area (Å²) in [6, 6.07) is 20.9. The van der Waals surface area contributed by atoms with E-state index in [1.165, 1.54) is 16.7 Å². The number of anilines is 2. The Hall–Kier alpha value is -2.67. The number of nitrogens with zero attached hydrogens (tertiary/aromatic N) is 2. The predicted molar refractivity (Wildman–Crippen MR) is 143 cm³/mol. The molecule has 0 saturated carbocycles. The molecule has 176 valence electrons. The second-order valence-corrected chi connectivity index (χ2v) is 9.90. The van der Waals surface area contributed by atoms with Crippen molar-refractivity contribution in [2.24, 2.45) is 0 Å². The van der Waals surface area contributed by atoms with E-state index >= 15 is 0 Å². The molecule has 34 heavy (non-hydrogen) atoms.